The highest BCUT2D eigenvalue weighted by atomic mass is 32.1. The number of nitrogens with two attached hydrogens (primary N) is 1. The third kappa shape index (κ3) is 15.7. The molecule has 9 N–H and O–H groups in total. The molecule has 26 heteroatoms. The third-order valence-corrected chi connectivity index (χ3v) is 12.6. The van der Waals surface area contributed by atoms with Gasteiger partial charge in [0.1, 0.15) is 42.6 Å². The molecule has 0 radical (unpaired) electrons. The fraction of sp³-hybridized carbons (Fsp3) is 0.512. The van der Waals surface area contributed by atoms with Gasteiger partial charge in [-0.15, -0.1) is 11.3 Å². The standard InChI is InChI=1S/C43H59FN11O12PS/c1-25(2)16-32(49-42(62)36-12-9-14-54(36)27(4)57)39(59)48-33(40(60)50-35(22-56)41(61)52-37(38(45)58)26(3)67-68(63,64)65)18-30-19-46-24-53(30)13-6-5-7-15-66-47-20-31-23-69-43-51-34(21-55(31)43)28-10-8-11-29(44)17-28/h8,10-11,17,19-21,23-26,32-33,35-37,56H,5-7,9,12-16,18,22H2,1-4H3,(H2,45,58)(H,48,59)(H,49,62)(H,50,60)(H,52,61)(H2,63,64,65)/b47-20+/t26-,32+,33+,35+,36+,37+/m1/s1. The number of benzene rings is 1. The van der Waals surface area contributed by atoms with Crippen molar-refractivity contribution in [2.24, 2.45) is 16.8 Å². The number of thiazole rings is 1. The number of aromatic nitrogens is 4. The number of hydrogen-bond donors (Lipinski definition) is 8. The molecule has 1 aliphatic rings. The lowest BCUT2D eigenvalue weighted by Gasteiger charge is -2.28. The van der Waals surface area contributed by atoms with E-state index < -0.39 is 80.3 Å². The molecule has 1 fully saturated rings. The van der Waals surface area contributed by atoms with Crippen molar-refractivity contribution in [3.05, 3.63) is 65.6 Å². The summed E-state index contributed by atoms with van der Waals surface area (Å²) < 4.78 is 33.3. The van der Waals surface area contributed by atoms with Crippen LogP contribution in [0.25, 0.3) is 16.2 Å². The van der Waals surface area contributed by atoms with Gasteiger partial charge in [0, 0.05) is 55.5 Å². The maximum atomic E-state index is 14.1. The lowest BCUT2D eigenvalue weighted by atomic mass is 10.0. The predicted octanol–water partition coefficient (Wildman–Crippen LogP) is 1.13. The Bertz CT molecular complexity index is 2510. The Hall–Kier alpha value is -6.11. The smallest absolute Gasteiger partial charge is 0.396 e. The van der Waals surface area contributed by atoms with Crippen molar-refractivity contribution in [1.82, 2.24) is 45.1 Å². The Labute approximate surface area is 400 Å². The highest BCUT2D eigenvalue weighted by molar-refractivity contribution is 7.46. The third-order valence-electron chi connectivity index (χ3n) is 11.1. The van der Waals surface area contributed by atoms with Gasteiger partial charge in [-0.1, -0.05) is 31.1 Å². The zero-order valence-corrected chi connectivity index (χ0v) is 40.2. The molecule has 5 rings (SSSR count). The molecular formula is C43H59FN11O12PS. The molecule has 0 saturated carbocycles. The summed E-state index contributed by atoms with van der Waals surface area (Å²) in [6.07, 6.45) is 7.71. The molecular weight excluding hydrogens is 945 g/mol. The monoisotopic (exact) mass is 1000 g/mol. The molecule has 1 aliphatic heterocycles. The van der Waals surface area contributed by atoms with Crippen molar-refractivity contribution < 1.29 is 62.0 Å². The van der Waals surface area contributed by atoms with Crippen LogP contribution in [0.1, 0.15) is 77.6 Å². The SMILES string of the molecule is CC(=O)N1CCC[C@H]1C(=O)N[C@@H](CC(C)C)C(=O)N[C@@H](Cc1cncn1CCCCCO/N=C/c1csc2nc(-c3cccc(F)c3)cn12)C(=O)N[C@@H](CO)C(=O)N[C@H](C(N)=O)[C@@H](C)OP(=O)(O)O. The summed E-state index contributed by atoms with van der Waals surface area (Å²) in [6, 6.07) is -0.770. The van der Waals surface area contributed by atoms with Crippen molar-refractivity contribution in [2.75, 3.05) is 19.8 Å². The first-order valence-electron chi connectivity index (χ1n) is 22.2. The number of imidazole rings is 2. The molecule has 3 aromatic heterocycles. The fourth-order valence-electron chi connectivity index (χ4n) is 7.67. The van der Waals surface area contributed by atoms with Crippen LogP contribution >= 0.6 is 19.2 Å². The van der Waals surface area contributed by atoms with E-state index in [-0.39, 0.29) is 30.5 Å². The van der Waals surface area contributed by atoms with Crippen molar-refractivity contribution in [1.29, 1.82) is 0 Å². The number of carbonyl (C=O) groups excluding carboxylic acids is 6. The van der Waals surface area contributed by atoms with Crippen molar-refractivity contribution in [3.63, 3.8) is 0 Å². The molecule has 0 spiro atoms. The van der Waals surface area contributed by atoms with Gasteiger partial charge in [0.25, 0.3) is 0 Å². The largest absolute Gasteiger partial charge is 0.469 e. The van der Waals surface area contributed by atoms with Gasteiger partial charge < -0.3 is 56.2 Å². The quantitative estimate of drug-likeness (QED) is 0.0189. The first kappa shape index (κ1) is 53.8. The van der Waals surface area contributed by atoms with Gasteiger partial charge in [0.2, 0.25) is 35.4 Å². The highest BCUT2D eigenvalue weighted by Gasteiger charge is 2.37. The normalized spacial score (nSPS) is 16.2. The number of halogens is 1. The van der Waals surface area contributed by atoms with Crippen LogP contribution in [0.2, 0.25) is 0 Å². The molecule has 4 aromatic rings. The number of aliphatic hydroxyl groups is 1. The number of aryl methyl sites for hydroxylation is 1. The van der Waals surface area contributed by atoms with Crippen molar-refractivity contribution in [3.8, 4) is 11.3 Å². The van der Waals surface area contributed by atoms with E-state index in [2.05, 4.69) is 40.9 Å². The number of phosphoric ester groups is 1. The molecule has 1 aromatic carbocycles. The minimum atomic E-state index is -5.14. The van der Waals surface area contributed by atoms with Crippen molar-refractivity contribution in [2.45, 2.75) is 115 Å². The number of aliphatic hydroxyl groups excluding tert-OH is 1. The van der Waals surface area contributed by atoms with Crippen LogP contribution in [0.4, 0.5) is 4.39 Å². The van der Waals surface area contributed by atoms with Crippen LogP contribution < -0.4 is 27.0 Å². The van der Waals surface area contributed by atoms with E-state index in [1.165, 1.54) is 41.5 Å². The van der Waals surface area contributed by atoms with Gasteiger partial charge in [-0.3, -0.25) is 37.7 Å². The van der Waals surface area contributed by atoms with Crippen molar-refractivity contribution >= 4 is 65.8 Å². The Morgan fingerprint density at radius 1 is 1.03 bits per heavy atom. The molecule has 376 valence electrons. The van der Waals surface area contributed by atoms with E-state index in [1.807, 2.05) is 23.6 Å². The number of carbonyl (C=O) groups is 6. The lowest BCUT2D eigenvalue weighted by molar-refractivity contribution is -0.139. The number of nitrogens with one attached hydrogen (secondary N) is 4. The number of unbranched alkanes of at least 4 members (excludes halogenated alkanes) is 2. The first-order chi connectivity index (χ1) is 32.7. The Morgan fingerprint density at radius 3 is 2.43 bits per heavy atom. The average molecular weight is 1000 g/mol. The minimum Gasteiger partial charge on any atom is -0.396 e. The summed E-state index contributed by atoms with van der Waals surface area (Å²) in [6.45, 7) is 6.19. The van der Waals surface area contributed by atoms with E-state index in [9.17, 15) is 52.6 Å². The van der Waals surface area contributed by atoms with Crippen LogP contribution in [0, 0.1) is 11.7 Å². The summed E-state index contributed by atoms with van der Waals surface area (Å²) in [5, 5.41) is 26.1. The molecule has 0 aliphatic carbocycles. The second-order valence-electron chi connectivity index (χ2n) is 16.9. The summed E-state index contributed by atoms with van der Waals surface area (Å²) in [5.41, 5.74) is 7.87. The number of phosphoric acid groups is 1. The summed E-state index contributed by atoms with van der Waals surface area (Å²) >= 11 is 1.41. The number of nitrogens with zero attached hydrogens (tertiary/aromatic N) is 6. The second kappa shape index (κ2) is 25.0. The number of fused-ring (bicyclic) bond motifs is 1. The van der Waals surface area contributed by atoms with E-state index in [0.29, 0.717) is 73.7 Å². The van der Waals surface area contributed by atoms with E-state index in [4.69, 9.17) is 10.6 Å². The number of oxime groups is 1. The van der Waals surface area contributed by atoms with Crippen LogP contribution in [-0.4, -0.2) is 136 Å². The number of amides is 6. The molecule has 1 saturated heterocycles. The van der Waals surface area contributed by atoms with Crippen LogP contribution in [-0.2, 0) is 55.7 Å². The number of primary amides is 1. The molecule has 4 heterocycles. The highest BCUT2D eigenvalue weighted by Crippen LogP contribution is 2.38. The van der Waals surface area contributed by atoms with Gasteiger partial charge in [0.05, 0.1) is 36.6 Å². The Morgan fingerprint density at radius 2 is 1.75 bits per heavy atom. The van der Waals surface area contributed by atoms with Gasteiger partial charge in [-0.2, -0.15) is 0 Å². The maximum absolute atomic E-state index is 14.1. The fourth-order valence-corrected chi connectivity index (χ4v) is 9.04. The lowest BCUT2D eigenvalue weighted by Crippen LogP contribution is -2.61. The van der Waals surface area contributed by atoms with Crippen LogP contribution in [0.3, 0.4) is 0 Å². The number of rotatable bonds is 26. The Balaban J connectivity index is 1.23. The van der Waals surface area contributed by atoms with Crippen LogP contribution in [0.15, 0.2) is 53.5 Å². The number of hydrogen-bond acceptors (Lipinski definition) is 14. The van der Waals surface area contributed by atoms with Gasteiger partial charge >= 0.3 is 7.82 Å². The summed E-state index contributed by atoms with van der Waals surface area (Å²) in [5.74, 6) is -5.41. The van der Waals surface area contributed by atoms with Gasteiger partial charge in [0.15, 0.2) is 4.96 Å². The zero-order chi connectivity index (χ0) is 50.4. The first-order valence-corrected chi connectivity index (χ1v) is 24.6. The average Bonchev–Trinajstić information content (AvgIpc) is 4.10. The van der Waals surface area contributed by atoms with E-state index >= 15 is 0 Å². The van der Waals surface area contributed by atoms with E-state index in [0.717, 1.165) is 12.6 Å². The molecule has 23 nitrogen and oxygen atoms in total. The Kier molecular flexibility index (Phi) is 19.5. The van der Waals surface area contributed by atoms with Gasteiger partial charge in [-0.05, 0) is 63.5 Å². The predicted molar refractivity (Wildman–Crippen MR) is 248 cm³/mol. The molecule has 6 atom stereocenters. The number of likely N-dealkylation sites (tertiary alicyclic amines) is 1. The zero-order valence-electron chi connectivity index (χ0n) is 38.5. The second-order valence-corrected chi connectivity index (χ2v) is 18.9. The van der Waals surface area contributed by atoms with Gasteiger partial charge in [-0.25, -0.2) is 18.9 Å². The van der Waals surface area contributed by atoms with E-state index in [1.54, 1.807) is 35.4 Å². The molecule has 0 bridgehead atoms. The maximum Gasteiger partial charge on any atom is 0.469 e. The van der Waals surface area contributed by atoms with Crippen LogP contribution in [0.5, 0.6) is 0 Å². The summed E-state index contributed by atoms with van der Waals surface area (Å²) in [7, 11) is -5.14. The summed E-state index contributed by atoms with van der Waals surface area (Å²) in [4.78, 5) is 114. The molecule has 69 heavy (non-hydrogen) atoms. The minimum absolute atomic E-state index is 0.116. The molecule has 6 amide bonds. The molecule has 0 unspecified atom stereocenters. The topological polar surface area (TPSA) is 324 Å².